The third-order valence-electron chi connectivity index (χ3n) is 3.61. The molecule has 0 spiro atoms. The van der Waals surface area contributed by atoms with Crippen LogP contribution in [0.5, 0.6) is 0 Å². The van der Waals surface area contributed by atoms with Gasteiger partial charge in [-0.2, -0.15) is 5.06 Å². The summed E-state index contributed by atoms with van der Waals surface area (Å²) < 4.78 is 0. The van der Waals surface area contributed by atoms with Gasteiger partial charge in [-0.15, -0.1) is 0 Å². The first-order valence-electron chi connectivity index (χ1n) is 6.92. The molecule has 0 aromatic heterocycles. The molecule has 1 unspecified atom stereocenters. The molecule has 0 aliphatic carbocycles. The van der Waals surface area contributed by atoms with Crippen molar-refractivity contribution in [2.24, 2.45) is 0 Å². The Morgan fingerprint density at radius 2 is 1.92 bits per heavy atom. The van der Waals surface area contributed by atoms with Gasteiger partial charge in [-0.25, -0.2) is 0 Å². The molecule has 122 valence electrons. The SMILES string of the molecule is CC(=O)ON1c2cc([N+](=O)[O-])ccc2C(=O)C1(Cl)c1ccccc1. The maximum atomic E-state index is 12.9. The van der Waals surface area contributed by atoms with Crippen molar-refractivity contribution in [1.29, 1.82) is 0 Å². The quantitative estimate of drug-likeness (QED) is 0.367. The minimum Gasteiger partial charge on any atom is -0.339 e. The van der Waals surface area contributed by atoms with Crippen molar-refractivity contribution in [2.75, 3.05) is 5.06 Å². The van der Waals surface area contributed by atoms with Crippen molar-refractivity contribution >= 4 is 34.7 Å². The molecule has 1 heterocycles. The second-order valence-electron chi connectivity index (χ2n) is 5.15. The van der Waals surface area contributed by atoms with Gasteiger partial charge in [0.25, 0.3) is 5.69 Å². The van der Waals surface area contributed by atoms with Gasteiger partial charge in [-0.3, -0.25) is 19.7 Å². The summed E-state index contributed by atoms with van der Waals surface area (Å²) in [5.74, 6) is -1.23. The molecule has 0 N–H and O–H groups in total. The van der Waals surface area contributed by atoms with E-state index >= 15 is 0 Å². The third kappa shape index (κ3) is 2.30. The van der Waals surface area contributed by atoms with Crippen LogP contribution in [0.1, 0.15) is 22.8 Å². The topological polar surface area (TPSA) is 89.8 Å². The number of nitro groups is 1. The van der Waals surface area contributed by atoms with Crippen LogP contribution in [0.15, 0.2) is 48.5 Å². The zero-order valence-electron chi connectivity index (χ0n) is 12.4. The third-order valence-corrected chi connectivity index (χ3v) is 4.16. The number of alkyl halides is 1. The molecule has 0 radical (unpaired) electrons. The molecule has 2 aromatic carbocycles. The molecule has 0 fully saturated rings. The Kier molecular flexibility index (Phi) is 3.73. The van der Waals surface area contributed by atoms with Crippen LogP contribution in [0.25, 0.3) is 0 Å². The first-order chi connectivity index (χ1) is 11.4. The molecule has 1 aliphatic rings. The van der Waals surface area contributed by atoms with Crippen LogP contribution in [0, 0.1) is 10.1 Å². The number of Topliss-reactive ketones (excluding diaryl/α,β-unsaturated/α-hetero) is 1. The first-order valence-corrected chi connectivity index (χ1v) is 7.30. The number of benzene rings is 2. The van der Waals surface area contributed by atoms with Gasteiger partial charge in [0.2, 0.25) is 10.8 Å². The van der Waals surface area contributed by atoms with E-state index in [1.807, 2.05) is 0 Å². The summed E-state index contributed by atoms with van der Waals surface area (Å²) in [6.45, 7) is 1.15. The van der Waals surface area contributed by atoms with E-state index in [1.54, 1.807) is 30.3 Å². The van der Waals surface area contributed by atoms with Crippen LogP contribution < -0.4 is 5.06 Å². The summed E-state index contributed by atoms with van der Waals surface area (Å²) in [6.07, 6.45) is 0. The number of nitrogens with zero attached hydrogens (tertiary/aromatic N) is 2. The fourth-order valence-corrected chi connectivity index (χ4v) is 2.93. The molecule has 1 aliphatic heterocycles. The standard InChI is InChI=1S/C16H11ClN2O5/c1-10(20)24-18-14-9-12(19(22)23)7-8-13(14)15(21)16(18,17)11-5-3-2-4-6-11/h2-9H,1H3. The second kappa shape index (κ2) is 5.61. The van der Waals surface area contributed by atoms with Crippen LogP contribution >= 0.6 is 11.6 Å². The lowest BCUT2D eigenvalue weighted by Gasteiger charge is -2.31. The Hall–Kier alpha value is -2.93. The largest absolute Gasteiger partial charge is 0.339 e. The number of hydroxylamine groups is 1. The zero-order chi connectivity index (χ0) is 17.5. The average molecular weight is 347 g/mol. The van der Waals surface area contributed by atoms with Gasteiger partial charge in [0, 0.05) is 30.2 Å². The maximum Gasteiger partial charge on any atom is 0.329 e. The predicted molar refractivity (Wildman–Crippen MR) is 85.6 cm³/mol. The Morgan fingerprint density at radius 1 is 1.25 bits per heavy atom. The van der Waals surface area contributed by atoms with Gasteiger partial charge in [0.1, 0.15) is 0 Å². The number of carbonyl (C=O) groups excluding carboxylic acids is 2. The number of fused-ring (bicyclic) bond motifs is 1. The zero-order valence-corrected chi connectivity index (χ0v) is 13.2. The number of carbonyl (C=O) groups is 2. The molecule has 0 bridgehead atoms. The number of non-ortho nitro benzene ring substituents is 1. The van der Waals surface area contributed by atoms with Gasteiger partial charge in [0.05, 0.1) is 10.6 Å². The smallest absolute Gasteiger partial charge is 0.329 e. The van der Waals surface area contributed by atoms with E-state index < -0.39 is 21.7 Å². The Labute approximate surface area is 141 Å². The number of rotatable bonds is 3. The van der Waals surface area contributed by atoms with Crippen LogP contribution in [0.4, 0.5) is 11.4 Å². The van der Waals surface area contributed by atoms with Gasteiger partial charge in [-0.1, -0.05) is 41.9 Å². The minimum absolute atomic E-state index is 0.0725. The lowest BCUT2D eigenvalue weighted by Crippen LogP contribution is -2.43. The number of hydrogen-bond acceptors (Lipinski definition) is 6. The molecular formula is C16H11ClN2O5. The molecule has 0 saturated heterocycles. The highest BCUT2D eigenvalue weighted by atomic mass is 35.5. The summed E-state index contributed by atoms with van der Waals surface area (Å²) in [7, 11) is 0. The maximum absolute atomic E-state index is 12.9. The predicted octanol–water partition coefficient (Wildman–Crippen LogP) is 3.17. The fraction of sp³-hybridized carbons (Fsp3) is 0.125. The van der Waals surface area contributed by atoms with Crippen LogP contribution in [-0.4, -0.2) is 16.7 Å². The van der Waals surface area contributed by atoms with E-state index in [2.05, 4.69) is 0 Å². The Balaban J connectivity index is 2.22. The highest BCUT2D eigenvalue weighted by Crippen LogP contribution is 2.48. The lowest BCUT2D eigenvalue weighted by molar-refractivity contribution is -0.384. The number of anilines is 1. The van der Waals surface area contributed by atoms with Crippen molar-refractivity contribution in [3.63, 3.8) is 0 Å². The molecule has 3 rings (SSSR count). The van der Waals surface area contributed by atoms with Crippen molar-refractivity contribution in [3.05, 3.63) is 69.8 Å². The number of nitro benzene ring substituents is 1. The number of hydrogen-bond donors (Lipinski definition) is 0. The van der Waals surface area contributed by atoms with Gasteiger partial charge < -0.3 is 4.84 Å². The highest BCUT2D eigenvalue weighted by Gasteiger charge is 2.54. The Bertz CT molecular complexity index is 855. The lowest BCUT2D eigenvalue weighted by atomic mass is 10.0. The normalized spacial score (nSPS) is 19.1. The summed E-state index contributed by atoms with van der Waals surface area (Å²) in [5.41, 5.74) is 0.355. The molecule has 8 heteroatoms. The second-order valence-corrected chi connectivity index (χ2v) is 5.70. The van der Waals surface area contributed by atoms with E-state index in [0.29, 0.717) is 5.56 Å². The average Bonchev–Trinajstić information content (AvgIpc) is 2.78. The van der Waals surface area contributed by atoms with Crippen molar-refractivity contribution in [3.8, 4) is 0 Å². The molecule has 0 saturated carbocycles. The van der Waals surface area contributed by atoms with Crippen molar-refractivity contribution in [2.45, 2.75) is 11.9 Å². The molecule has 7 nitrogen and oxygen atoms in total. The van der Waals surface area contributed by atoms with Crippen LogP contribution in [0.2, 0.25) is 0 Å². The summed E-state index contributed by atoms with van der Waals surface area (Å²) in [4.78, 5) is 38.1. The monoisotopic (exact) mass is 346 g/mol. The molecule has 1 atom stereocenters. The number of halogens is 1. The van der Waals surface area contributed by atoms with Crippen molar-refractivity contribution < 1.29 is 19.3 Å². The molecule has 2 aromatic rings. The van der Waals surface area contributed by atoms with E-state index in [0.717, 1.165) is 18.1 Å². The van der Waals surface area contributed by atoms with Crippen LogP contribution in [0.3, 0.4) is 0 Å². The van der Waals surface area contributed by atoms with Crippen molar-refractivity contribution in [1.82, 2.24) is 0 Å². The Morgan fingerprint density at radius 3 is 2.50 bits per heavy atom. The molecular weight excluding hydrogens is 336 g/mol. The van der Waals surface area contributed by atoms with E-state index in [-0.39, 0.29) is 16.9 Å². The molecule has 24 heavy (non-hydrogen) atoms. The van der Waals surface area contributed by atoms with E-state index in [9.17, 15) is 19.7 Å². The minimum atomic E-state index is -1.81. The fourth-order valence-electron chi connectivity index (χ4n) is 2.58. The van der Waals surface area contributed by atoms with Gasteiger partial charge in [0.15, 0.2) is 0 Å². The number of ketones is 1. The summed E-state index contributed by atoms with van der Waals surface area (Å²) in [6, 6.07) is 12.0. The van der Waals surface area contributed by atoms with Gasteiger partial charge >= 0.3 is 5.97 Å². The van der Waals surface area contributed by atoms with E-state index in [4.69, 9.17) is 16.4 Å². The first kappa shape index (κ1) is 15.9. The summed E-state index contributed by atoms with van der Waals surface area (Å²) >= 11 is 6.58. The molecule has 0 amide bonds. The van der Waals surface area contributed by atoms with Gasteiger partial charge in [-0.05, 0) is 6.07 Å². The van der Waals surface area contributed by atoms with E-state index in [1.165, 1.54) is 12.1 Å². The summed E-state index contributed by atoms with van der Waals surface area (Å²) in [5, 5.41) is 11.9. The highest BCUT2D eigenvalue weighted by molar-refractivity contribution is 6.41. The van der Waals surface area contributed by atoms with Crippen LogP contribution in [-0.2, 0) is 14.6 Å².